The highest BCUT2D eigenvalue weighted by Gasteiger charge is 2.34. The number of alkyl halides is 5. The molecule has 10 heteroatoms. The highest BCUT2D eigenvalue weighted by molar-refractivity contribution is 7.99. The molecule has 0 fully saturated rings. The minimum absolute atomic E-state index is 0.141. The average molecular weight is 533 g/mol. The molecule has 1 N–H and O–H groups in total. The predicted octanol–water partition coefficient (Wildman–Crippen LogP) is 7.42. The first kappa shape index (κ1) is 26.4. The van der Waals surface area contributed by atoms with Crippen molar-refractivity contribution in [2.75, 3.05) is 6.54 Å². The first-order valence-corrected chi connectivity index (χ1v) is 11.9. The number of para-hydroxylation sites is 1. The molecule has 4 nitrogen and oxygen atoms in total. The standard InChI is InChI=1S/C27H21F5N2O2S/c1-16-7-12-21(17(2)13-16)26(28,29)15-34-25(35)24-20-5-3-4-6-22(20)33-14-23(24)37-19-10-8-18(9-11-19)36-27(30,31)32/h3-14H,15H2,1-2H3,(H,34,35). The number of benzene rings is 3. The number of pyridine rings is 1. The molecule has 0 bridgehead atoms. The van der Waals surface area contributed by atoms with Gasteiger partial charge < -0.3 is 10.1 Å². The lowest BCUT2D eigenvalue weighted by Crippen LogP contribution is -2.35. The van der Waals surface area contributed by atoms with Crippen LogP contribution in [-0.4, -0.2) is 23.8 Å². The third-order valence-corrected chi connectivity index (χ3v) is 6.54. The lowest BCUT2D eigenvalue weighted by Gasteiger charge is -2.20. The van der Waals surface area contributed by atoms with Crippen molar-refractivity contribution in [3.63, 3.8) is 0 Å². The second-order valence-corrected chi connectivity index (χ2v) is 9.46. The van der Waals surface area contributed by atoms with Gasteiger partial charge in [0.2, 0.25) is 0 Å². The van der Waals surface area contributed by atoms with Crippen LogP contribution in [0.25, 0.3) is 10.9 Å². The molecule has 4 rings (SSSR count). The van der Waals surface area contributed by atoms with Crippen LogP contribution in [0.3, 0.4) is 0 Å². The van der Waals surface area contributed by atoms with Gasteiger partial charge in [-0.05, 0) is 49.7 Å². The Bertz CT molecular complexity index is 1440. The molecular weight excluding hydrogens is 511 g/mol. The quantitative estimate of drug-likeness (QED) is 0.252. The number of carbonyl (C=O) groups excluding carboxylic acids is 1. The lowest BCUT2D eigenvalue weighted by molar-refractivity contribution is -0.274. The fourth-order valence-corrected chi connectivity index (χ4v) is 4.81. The molecule has 0 radical (unpaired) electrons. The number of hydrogen-bond acceptors (Lipinski definition) is 4. The van der Waals surface area contributed by atoms with Crippen LogP contribution in [0.2, 0.25) is 0 Å². The Hall–Kier alpha value is -3.66. The summed E-state index contributed by atoms with van der Waals surface area (Å²) in [6.45, 7) is 2.48. The second kappa shape index (κ2) is 10.4. The zero-order valence-electron chi connectivity index (χ0n) is 19.7. The molecule has 3 aromatic carbocycles. The monoisotopic (exact) mass is 532 g/mol. The van der Waals surface area contributed by atoms with E-state index in [-0.39, 0.29) is 16.9 Å². The summed E-state index contributed by atoms with van der Waals surface area (Å²) in [5, 5.41) is 2.81. The number of nitrogens with zero attached hydrogens (tertiary/aromatic N) is 1. The van der Waals surface area contributed by atoms with Crippen LogP contribution in [-0.2, 0) is 5.92 Å². The summed E-state index contributed by atoms with van der Waals surface area (Å²) in [4.78, 5) is 18.5. The van der Waals surface area contributed by atoms with Gasteiger partial charge in [-0.25, -0.2) is 0 Å². The van der Waals surface area contributed by atoms with Crippen LogP contribution in [0.1, 0.15) is 27.0 Å². The maximum atomic E-state index is 15.0. The van der Waals surface area contributed by atoms with Crippen molar-refractivity contribution in [1.82, 2.24) is 10.3 Å². The first-order valence-electron chi connectivity index (χ1n) is 11.1. The highest BCUT2D eigenvalue weighted by atomic mass is 32.2. The largest absolute Gasteiger partial charge is 0.573 e. The Morgan fingerprint density at radius 1 is 0.973 bits per heavy atom. The molecule has 1 aromatic heterocycles. The molecule has 0 atom stereocenters. The Kier molecular flexibility index (Phi) is 7.40. The molecule has 37 heavy (non-hydrogen) atoms. The number of carbonyl (C=O) groups is 1. The van der Waals surface area contributed by atoms with Crippen LogP contribution < -0.4 is 10.1 Å². The minimum Gasteiger partial charge on any atom is -0.406 e. The molecule has 0 aliphatic rings. The van der Waals surface area contributed by atoms with Gasteiger partial charge in [-0.15, -0.1) is 13.2 Å². The van der Waals surface area contributed by atoms with E-state index in [0.29, 0.717) is 26.3 Å². The molecule has 192 valence electrons. The predicted molar refractivity (Wildman–Crippen MR) is 131 cm³/mol. The van der Waals surface area contributed by atoms with Gasteiger partial charge in [0.1, 0.15) is 5.75 Å². The molecule has 4 aromatic rings. The number of aryl methyl sites for hydroxylation is 2. The second-order valence-electron chi connectivity index (χ2n) is 8.34. The molecule has 0 aliphatic carbocycles. The summed E-state index contributed by atoms with van der Waals surface area (Å²) >= 11 is 1.07. The number of amides is 1. The summed E-state index contributed by atoms with van der Waals surface area (Å²) in [6, 6.07) is 16.5. The number of rotatable bonds is 7. The lowest BCUT2D eigenvalue weighted by atomic mass is 10.00. The van der Waals surface area contributed by atoms with Gasteiger partial charge in [-0.1, -0.05) is 53.7 Å². The van der Waals surface area contributed by atoms with Crippen molar-refractivity contribution in [3.8, 4) is 5.75 Å². The van der Waals surface area contributed by atoms with Crippen molar-refractivity contribution in [1.29, 1.82) is 0 Å². The number of fused-ring (bicyclic) bond motifs is 1. The van der Waals surface area contributed by atoms with E-state index in [4.69, 9.17) is 0 Å². The molecule has 1 amide bonds. The number of ether oxygens (including phenoxy) is 1. The normalized spacial score (nSPS) is 12.0. The van der Waals surface area contributed by atoms with E-state index in [1.165, 1.54) is 24.4 Å². The molecule has 0 spiro atoms. The van der Waals surface area contributed by atoms with Gasteiger partial charge in [0, 0.05) is 26.9 Å². The van der Waals surface area contributed by atoms with Gasteiger partial charge in [-0.3, -0.25) is 9.78 Å². The molecule has 0 saturated heterocycles. The SMILES string of the molecule is Cc1ccc(C(F)(F)CNC(=O)c2c(Sc3ccc(OC(F)(F)F)cc3)cnc3ccccc23)c(C)c1. The fraction of sp³-hybridized carbons (Fsp3) is 0.185. The van der Waals surface area contributed by atoms with Crippen molar-refractivity contribution in [2.24, 2.45) is 0 Å². The Morgan fingerprint density at radius 3 is 2.35 bits per heavy atom. The van der Waals surface area contributed by atoms with Crippen molar-refractivity contribution >= 4 is 28.6 Å². The average Bonchev–Trinajstić information content (AvgIpc) is 2.82. The van der Waals surface area contributed by atoms with Crippen molar-refractivity contribution < 1.29 is 31.5 Å². The minimum atomic E-state index is -4.82. The summed E-state index contributed by atoms with van der Waals surface area (Å²) in [7, 11) is 0. The van der Waals surface area contributed by atoms with E-state index in [1.807, 2.05) is 0 Å². The van der Waals surface area contributed by atoms with E-state index in [0.717, 1.165) is 29.5 Å². The number of aromatic nitrogens is 1. The van der Waals surface area contributed by atoms with E-state index in [2.05, 4.69) is 15.0 Å². The molecule has 0 aliphatic heterocycles. The third kappa shape index (κ3) is 6.37. The fourth-order valence-electron chi connectivity index (χ4n) is 3.87. The molecule has 1 heterocycles. The van der Waals surface area contributed by atoms with Gasteiger partial charge in [0.15, 0.2) is 0 Å². The van der Waals surface area contributed by atoms with Gasteiger partial charge in [-0.2, -0.15) is 8.78 Å². The van der Waals surface area contributed by atoms with Crippen LogP contribution in [0.4, 0.5) is 22.0 Å². The van der Waals surface area contributed by atoms with Crippen LogP contribution >= 0.6 is 11.8 Å². The summed E-state index contributed by atoms with van der Waals surface area (Å²) in [5.74, 6) is -4.42. The zero-order valence-corrected chi connectivity index (χ0v) is 20.5. The van der Waals surface area contributed by atoms with E-state index < -0.39 is 24.7 Å². The van der Waals surface area contributed by atoms with Crippen LogP contribution in [0.15, 0.2) is 82.7 Å². The third-order valence-electron chi connectivity index (χ3n) is 5.50. The Balaban J connectivity index is 1.61. The van der Waals surface area contributed by atoms with Gasteiger partial charge in [0.05, 0.1) is 17.6 Å². The molecule has 0 saturated carbocycles. The van der Waals surface area contributed by atoms with Gasteiger partial charge >= 0.3 is 6.36 Å². The van der Waals surface area contributed by atoms with Crippen LogP contribution in [0, 0.1) is 13.8 Å². The van der Waals surface area contributed by atoms with Gasteiger partial charge in [0.25, 0.3) is 11.8 Å². The van der Waals surface area contributed by atoms with E-state index in [1.54, 1.807) is 50.2 Å². The Labute approximate surface area is 213 Å². The number of hydrogen-bond donors (Lipinski definition) is 1. The zero-order chi connectivity index (χ0) is 26.8. The molecular formula is C27H21F5N2O2S. The number of nitrogens with one attached hydrogen (secondary N) is 1. The van der Waals surface area contributed by atoms with Crippen LogP contribution in [0.5, 0.6) is 5.75 Å². The van der Waals surface area contributed by atoms with E-state index in [9.17, 15) is 18.0 Å². The maximum Gasteiger partial charge on any atom is 0.573 e. The summed E-state index contributed by atoms with van der Waals surface area (Å²) in [5.41, 5.74) is 1.73. The highest BCUT2D eigenvalue weighted by Crippen LogP contribution is 2.36. The summed E-state index contributed by atoms with van der Waals surface area (Å²) in [6.07, 6.45) is -3.38. The maximum absolute atomic E-state index is 15.0. The summed E-state index contributed by atoms with van der Waals surface area (Å²) < 4.78 is 71.3. The smallest absolute Gasteiger partial charge is 0.406 e. The van der Waals surface area contributed by atoms with E-state index >= 15 is 8.78 Å². The number of halogens is 5. The Morgan fingerprint density at radius 2 is 1.68 bits per heavy atom. The topological polar surface area (TPSA) is 51.2 Å². The van der Waals surface area contributed by atoms with Crippen molar-refractivity contribution in [2.45, 2.75) is 35.9 Å². The first-order chi connectivity index (χ1) is 17.4. The van der Waals surface area contributed by atoms with Crippen molar-refractivity contribution in [3.05, 3.63) is 95.2 Å². The molecule has 0 unspecified atom stereocenters.